The van der Waals surface area contributed by atoms with Crippen LogP contribution in [-0.4, -0.2) is 13.2 Å². The summed E-state index contributed by atoms with van der Waals surface area (Å²) in [6.45, 7) is 7.03. The quantitative estimate of drug-likeness (QED) is 0.637. The molecular formula is C12H24O. The van der Waals surface area contributed by atoms with E-state index in [2.05, 4.69) is 20.8 Å². The molecule has 0 aromatic carbocycles. The number of ether oxygens (including phenoxy) is 1. The molecule has 0 aliphatic heterocycles. The van der Waals surface area contributed by atoms with Crippen LogP contribution in [0.2, 0.25) is 0 Å². The summed E-state index contributed by atoms with van der Waals surface area (Å²) in [5.74, 6) is 0.950. The molecule has 0 aromatic heterocycles. The average Bonchev–Trinajstić information content (AvgIpc) is 2.03. The second-order valence-electron chi connectivity index (χ2n) is 5.64. The normalized spacial score (nSPS) is 30.5. The molecule has 0 atom stereocenters. The first-order valence-corrected chi connectivity index (χ1v) is 5.54. The van der Waals surface area contributed by atoms with Crippen molar-refractivity contribution in [2.75, 3.05) is 7.11 Å². The molecule has 0 saturated heterocycles. The lowest BCUT2D eigenvalue weighted by molar-refractivity contribution is 0.0499. The van der Waals surface area contributed by atoms with Gasteiger partial charge in [0, 0.05) is 7.11 Å². The Hall–Kier alpha value is -0.0400. The third-order valence-electron chi connectivity index (χ3n) is 3.03. The molecule has 0 spiro atoms. The van der Waals surface area contributed by atoms with Crippen LogP contribution in [0.15, 0.2) is 0 Å². The van der Waals surface area contributed by atoms with Crippen molar-refractivity contribution in [3.63, 3.8) is 0 Å². The van der Waals surface area contributed by atoms with Gasteiger partial charge in [-0.2, -0.15) is 0 Å². The molecule has 0 radical (unpaired) electrons. The van der Waals surface area contributed by atoms with Crippen molar-refractivity contribution in [3.8, 4) is 0 Å². The van der Waals surface area contributed by atoms with Gasteiger partial charge in [0.15, 0.2) is 0 Å². The lowest BCUT2D eigenvalue weighted by Crippen LogP contribution is -2.23. The van der Waals surface area contributed by atoms with Crippen molar-refractivity contribution < 1.29 is 4.74 Å². The molecule has 1 saturated carbocycles. The van der Waals surface area contributed by atoms with Gasteiger partial charge >= 0.3 is 0 Å². The third kappa shape index (κ3) is 4.12. The van der Waals surface area contributed by atoms with Crippen LogP contribution in [0.3, 0.4) is 0 Å². The Morgan fingerprint density at radius 2 is 1.62 bits per heavy atom. The van der Waals surface area contributed by atoms with Crippen LogP contribution in [0, 0.1) is 11.3 Å². The lowest BCUT2D eigenvalue weighted by Gasteiger charge is -2.31. The largest absolute Gasteiger partial charge is 0.381 e. The van der Waals surface area contributed by atoms with E-state index >= 15 is 0 Å². The van der Waals surface area contributed by atoms with Crippen LogP contribution in [0.4, 0.5) is 0 Å². The second-order valence-corrected chi connectivity index (χ2v) is 5.64. The SMILES string of the molecule is CO[C@H]1CC[C@H](CC(C)(C)C)CC1. The van der Waals surface area contributed by atoms with Crippen molar-refractivity contribution >= 4 is 0 Å². The Kier molecular flexibility index (Phi) is 3.78. The summed E-state index contributed by atoms with van der Waals surface area (Å²) >= 11 is 0. The Morgan fingerprint density at radius 1 is 1.08 bits per heavy atom. The van der Waals surface area contributed by atoms with Crippen molar-refractivity contribution in [2.45, 2.75) is 59.0 Å². The smallest absolute Gasteiger partial charge is 0.0571 e. The van der Waals surface area contributed by atoms with E-state index in [1.807, 2.05) is 7.11 Å². The van der Waals surface area contributed by atoms with Gasteiger partial charge in [-0.05, 0) is 43.4 Å². The van der Waals surface area contributed by atoms with Gasteiger partial charge in [-0.25, -0.2) is 0 Å². The summed E-state index contributed by atoms with van der Waals surface area (Å²) in [6.07, 6.45) is 7.22. The highest BCUT2D eigenvalue weighted by Gasteiger charge is 2.24. The molecule has 13 heavy (non-hydrogen) atoms. The van der Waals surface area contributed by atoms with Gasteiger partial charge in [-0.3, -0.25) is 0 Å². The zero-order chi connectivity index (χ0) is 9.90. The molecule has 1 nitrogen and oxygen atoms in total. The van der Waals surface area contributed by atoms with E-state index in [4.69, 9.17) is 4.74 Å². The van der Waals surface area contributed by atoms with E-state index in [1.54, 1.807) is 0 Å². The number of hydrogen-bond acceptors (Lipinski definition) is 1. The first-order valence-electron chi connectivity index (χ1n) is 5.54. The van der Waals surface area contributed by atoms with Crippen molar-refractivity contribution in [1.29, 1.82) is 0 Å². The maximum Gasteiger partial charge on any atom is 0.0571 e. The van der Waals surface area contributed by atoms with Crippen LogP contribution in [0.5, 0.6) is 0 Å². The van der Waals surface area contributed by atoms with Crippen molar-refractivity contribution in [1.82, 2.24) is 0 Å². The topological polar surface area (TPSA) is 9.23 Å². The maximum absolute atomic E-state index is 5.37. The van der Waals surface area contributed by atoms with Gasteiger partial charge < -0.3 is 4.74 Å². The highest BCUT2D eigenvalue weighted by atomic mass is 16.5. The van der Waals surface area contributed by atoms with Crippen LogP contribution >= 0.6 is 0 Å². The van der Waals surface area contributed by atoms with Gasteiger partial charge in [-0.1, -0.05) is 20.8 Å². The summed E-state index contributed by atoms with van der Waals surface area (Å²) in [5.41, 5.74) is 0.505. The fourth-order valence-corrected chi connectivity index (χ4v) is 2.44. The van der Waals surface area contributed by atoms with E-state index in [9.17, 15) is 0 Å². The summed E-state index contributed by atoms with van der Waals surface area (Å²) in [4.78, 5) is 0. The maximum atomic E-state index is 5.37. The van der Waals surface area contributed by atoms with Crippen LogP contribution in [0.1, 0.15) is 52.9 Å². The minimum absolute atomic E-state index is 0.505. The summed E-state index contributed by atoms with van der Waals surface area (Å²) < 4.78 is 5.37. The predicted octanol–water partition coefficient (Wildman–Crippen LogP) is 3.63. The third-order valence-corrected chi connectivity index (χ3v) is 3.03. The molecule has 1 aliphatic carbocycles. The van der Waals surface area contributed by atoms with Crippen LogP contribution in [0.25, 0.3) is 0 Å². The molecule has 0 bridgehead atoms. The number of hydrogen-bond donors (Lipinski definition) is 0. The summed E-state index contributed by atoms with van der Waals surface area (Å²) in [6, 6.07) is 0. The van der Waals surface area contributed by atoms with Crippen molar-refractivity contribution in [3.05, 3.63) is 0 Å². The van der Waals surface area contributed by atoms with Gasteiger partial charge in [0.05, 0.1) is 6.10 Å². The highest BCUT2D eigenvalue weighted by molar-refractivity contribution is 4.76. The standard InChI is InChI=1S/C12H24O/c1-12(2,3)9-10-5-7-11(13-4)8-6-10/h10-11H,5-9H2,1-4H3/t10-,11-. The monoisotopic (exact) mass is 184 g/mol. The first kappa shape index (κ1) is 11.0. The number of methoxy groups -OCH3 is 1. The molecule has 0 amide bonds. The molecule has 1 rings (SSSR count). The Morgan fingerprint density at radius 3 is 2.00 bits per heavy atom. The number of rotatable bonds is 2. The van der Waals surface area contributed by atoms with E-state index in [-0.39, 0.29) is 0 Å². The minimum atomic E-state index is 0.505. The Bertz CT molecular complexity index is 138. The van der Waals surface area contributed by atoms with Gasteiger partial charge in [0.1, 0.15) is 0 Å². The van der Waals surface area contributed by atoms with Crippen LogP contribution < -0.4 is 0 Å². The Labute approximate surface area is 82.9 Å². The predicted molar refractivity (Wildman–Crippen MR) is 56.8 cm³/mol. The Balaban J connectivity index is 2.25. The van der Waals surface area contributed by atoms with E-state index in [0.29, 0.717) is 11.5 Å². The lowest BCUT2D eigenvalue weighted by atomic mass is 9.77. The molecule has 1 aliphatic rings. The zero-order valence-corrected chi connectivity index (χ0v) is 9.60. The van der Waals surface area contributed by atoms with Crippen molar-refractivity contribution in [2.24, 2.45) is 11.3 Å². The van der Waals surface area contributed by atoms with Crippen LogP contribution in [-0.2, 0) is 4.74 Å². The van der Waals surface area contributed by atoms with Gasteiger partial charge in [-0.15, -0.1) is 0 Å². The summed E-state index contributed by atoms with van der Waals surface area (Å²) in [7, 11) is 1.84. The van der Waals surface area contributed by atoms with E-state index in [0.717, 1.165) is 5.92 Å². The first-order chi connectivity index (χ1) is 6.01. The highest BCUT2D eigenvalue weighted by Crippen LogP contribution is 2.34. The molecule has 0 heterocycles. The molecular weight excluding hydrogens is 160 g/mol. The molecule has 78 valence electrons. The van der Waals surface area contributed by atoms with Gasteiger partial charge in [0.25, 0.3) is 0 Å². The zero-order valence-electron chi connectivity index (χ0n) is 9.60. The fraction of sp³-hybridized carbons (Fsp3) is 1.00. The fourth-order valence-electron chi connectivity index (χ4n) is 2.44. The second kappa shape index (κ2) is 4.45. The molecule has 0 N–H and O–H groups in total. The van der Waals surface area contributed by atoms with E-state index < -0.39 is 0 Å². The summed E-state index contributed by atoms with van der Waals surface area (Å²) in [5, 5.41) is 0. The minimum Gasteiger partial charge on any atom is -0.381 e. The average molecular weight is 184 g/mol. The van der Waals surface area contributed by atoms with E-state index in [1.165, 1.54) is 32.1 Å². The molecule has 1 fully saturated rings. The molecule has 0 unspecified atom stereocenters. The molecule has 0 aromatic rings. The molecule has 1 heteroatoms. The van der Waals surface area contributed by atoms with Gasteiger partial charge in [0.2, 0.25) is 0 Å².